The van der Waals surface area contributed by atoms with Gasteiger partial charge < -0.3 is 10.6 Å². The van der Waals surface area contributed by atoms with Crippen molar-refractivity contribution >= 4 is 11.6 Å². The quantitative estimate of drug-likeness (QED) is 0.844. The lowest BCUT2D eigenvalue weighted by Gasteiger charge is -2.23. The molecule has 0 spiro atoms. The van der Waals surface area contributed by atoms with Gasteiger partial charge in [-0.3, -0.25) is 9.69 Å². The molecule has 1 fully saturated rings. The van der Waals surface area contributed by atoms with Gasteiger partial charge in [0.15, 0.2) is 0 Å². The Morgan fingerprint density at radius 2 is 2.33 bits per heavy atom. The molecule has 116 valence electrons. The highest BCUT2D eigenvalue weighted by atomic mass is 19.1. The molecule has 1 heterocycles. The molecule has 0 bridgehead atoms. The van der Waals surface area contributed by atoms with Crippen molar-refractivity contribution in [2.45, 2.75) is 32.7 Å². The molecule has 0 radical (unpaired) electrons. The molecular weight excluding hydrogens is 269 g/mol. The van der Waals surface area contributed by atoms with Crippen LogP contribution in [0, 0.1) is 12.7 Å². The number of carbonyl (C=O) groups excluding carboxylic acids is 1. The van der Waals surface area contributed by atoms with Gasteiger partial charge in [0.1, 0.15) is 5.82 Å². The van der Waals surface area contributed by atoms with Crippen LogP contribution in [0.2, 0.25) is 0 Å². The van der Waals surface area contributed by atoms with Crippen LogP contribution in [-0.2, 0) is 4.79 Å². The summed E-state index contributed by atoms with van der Waals surface area (Å²) in [6.07, 6.45) is 2.37. The number of hydrogen-bond acceptors (Lipinski definition) is 3. The molecule has 1 aromatic carbocycles. The van der Waals surface area contributed by atoms with Gasteiger partial charge in [0.25, 0.3) is 0 Å². The summed E-state index contributed by atoms with van der Waals surface area (Å²) in [5, 5.41) is 6.24. The molecule has 1 atom stereocenters. The van der Waals surface area contributed by atoms with Crippen molar-refractivity contribution in [1.82, 2.24) is 10.2 Å². The van der Waals surface area contributed by atoms with Crippen molar-refractivity contribution < 1.29 is 9.18 Å². The van der Waals surface area contributed by atoms with E-state index in [4.69, 9.17) is 0 Å². The Morgan fingerprint density at radius 1 is 1.52 bits per heavy atom. The highest BCUT2D eigenvalue weighted by Gasteiger charge is 2.18. The number of halogens is 1. The highest BCUT2D eigenvalue weighted by Crippen LogP contribution is 2.16. The lowest BCUT2D eigenvalue weighted by Crippen LogP contribution is -2.41. The Kier molecular flexibility index (Phi) is 5.70. The van der Waals surface area contributed by atoms with Gasteiger partial charge in [-0.1, -0.05) is 13.0 Å². The van der Waals surface area contributed by atoms with E-state index in [1.54, 1.807) is 6.07 Å². The molecule has 1 aliphatic rings. The van der Waals surface area contributed by atoms with E-state index in [2.05, 4.69) is 22.5 Å². The van der Waals surface area contributed by atoms with E-state index in [1.807, 2.05) is 6.92 Å². The summed E-state index contributed by atoms with van der Waals surface area (Å²) in [6.45, 7) is 7.02. The summed E-state index contributed by atoms with van der Waals surface area (Å²) in [5.41, 5.74) is 1.42. The Hall–Kier alpha value is -1.46. The second-order valence-corrected chi connectivity index (χ2v) is 5.63. The van der Waals surface area contributed by atoms with Crippen LogP contribution in [0.4, 0.5) is 10.1 Å². The fourth-order valence-electron chi connectivity index (χ4n) is 2.65. The highest BCUT2D eigenvalue weighted by molar-refractivity contribution is 5.92. The summed E-state index contributed by atoms with van der Waals surface area (Å²) < 4.78 is 13.2. The molecule has 0 saturated carbocycles. The standard InChI is InChI=1S/C16H24FN3O/c1-3-20(10-14-5-4-8-18-14)11-16(21)19-15-9-13(17)7-6-12(15)2/h6-7,9,14,18H,3-5,8,10-11H2,1-2H3,(H,19,21). The van der Waals surface area contributed by atoms with E-state index in [0.717, 1.165) is 25.2 Å². The lowest BCUT2D eigenvalue weighted by atomic mass is 10.2. The molecule has 21 heavy (non-hydrogen) atoms. The topological polar surface area (TPSA) is 44.4 Å². The second kappa shape index (κ2) is 7.52. The van der Waals surface area contributed by atoms with E-state index in [9.17, 15) is 9.18 Å². The van der Waals surface area contributed by atoms with Crippen molar-refractivity contribution in [3.8, 4) is 0 Å². The van der Waals surface area contributed by atoms with Gasteiger partial charge in [0.05, 0.1) is 6.54 Å². The monoisotopic (exact) mass is 293 g/mol. The van der Waals surface area contributed by atoms with E-state index in [-0.39, 0.29) is 11.7 Å². The van der Waals surface area contributed by atoms with Crippen LogP contribution in [0.15, 0.2) is 18.2 Å². The van der Waals surface area contributed by atoms with Gasteiger partial charge in [-0.2, -0.15) is 0 Å². The minimum Gasteiger partial charge on any atom is -0.325 e. The van der Waals surface area contributed by atoms with E-state index < -0.39 is 0 Å². The summed E-state index contributed by atoms with van der Waals surface area (Å²) in [5.74, 6) is -0.429. The van der Waals surface area contributed by atoms with E-state index >= 15 is 0 Å². The van der Waals surface area contributed by atoms with Crippen LogP contribution in [-0.4, -0.2) is 43.0 Å². The zero-order valence-electron chi connectivity index (χ0n) is 12.8. The average Bonchev–Trinajstić information content (AvgIpc) is 2.95. The third-order valence-corrected chi connectivity index (χ3v) is 3.93. The number of benzene rings is 1. The third-order valence-electron chi connectivity index (χ3n) is 3.93. The lowest BCUT2D eigenvalue weighted by molar-refractivity contribution is -0.117. The number of nitrogens with one attached hydrogen (secondary N) is 2. The predicted octanol–water partition coefficient (Wildman–Crippen LogP) is 2.15. The summed E-state index contributed by atoms with van der Waals surface area (Å²) >= 11 is 0. The Bertz CT molecular complexity index is 486. The van der Waals surface area contributed by atoms with Gasteiger partial charge in [-0.25, -0.2) is 4.39 Å². The molecule has 4 nitrogen and oxygen atoms in total. The first-order valence-corrected chi connectivity index (χ1v) is 7.60. The zero-order chi connectivity index (χ0) is 15.2. The molecular formula is C16H24FN3O. The van der Waals surface area contributed by atoms with Gasteiger partial charge in [0.2, 0.25) is 5.91 Å². The van der Waals surface area contributed by atoms with Gasteiger partial charge >= 0.3 is 0 Å². The van der Waals surface area contributed by atoms with Crippen LogP contribution in [0.5, 0.6) is 0 Å². The largest absolute Gasteiger partial charge is 0.325 e. The molecule has 1 aliphatic heterocycles. The Balaban J connectivity index is 1.88. The first kappa shape index (κ1) is 15.9. The SMILES string of the molecule is CCN(CC(=O)Nc1cc(F)ccc1C)CC1CCCN1. The van der Waals surface area contributed by atoms with Gasteiger partial charge in [0, 0.05) is 18.3 Å². The van der Waals surface area contributed by atoms with Crippen molar-refractivity contribution in [3.05, 3.63) is 29.6 Å². The van der Waals surface area contributed by atoms with Crippen molar-refractivity contribution in [1.29, 1.82) is 0 Å². The first-order chi connectivity index (χ1) is 10.1. The van der Waals surface area contributed by atoms with Crippen LogP contribution in [0.1, 0.15) is 25.3 Å². The number of rotatable bonds is 6. The predicted molar refractivity (Wildman–Crippen MR) is 82.9 cm³/mol. The van der Waals surface area contributed by atoms with Crippen LogP contribution in [0.25, 0.3) is 0 Å². The second-order valence-electron chi connectivity index (χ2n) is 5.63. The maximum Gasteiger partial charge on any atom is 0.238 e. The van der Waals surface area contributed by atoms with Crippen LogP contribution < -0.4 is 10.6 Å². The number of likely N-dealkylation sites (N-methyl/N-ethyl adjacent to an activating group) is 1. The molecule has 2 rings (SSSR count). The Labute approximate surface area is 125 Å². The minimum absolute atomic E-state index is 0.0939. The number of aryl methyl sites for hydroxylation is 1. The molecule has 1 amide bonds. The fourth-order valence-corrected chi connectivity index (χ4v) is 2.65. The molecule has 0 aromatic heterocycles. The van der Waals surface area contributed by atoms with Crippen molar-refractivity contribution in [2.75, 3.05) is 31.5 Å². The van der Waals surface area contributed by atoms with Crippen molar-refractivity contribution in [3.63, 3.8) is 0 Å². The number of carbonyl (C=O) groups is 1. The fraction of sp³-hybridized carbons (Fsp3) is 0.562. The summed E-state index contributed by atoms with van der Waals surface area (Å²) in [7, 11) is 0. The minimum atomic E-state index is -0.335. The van der Waals surface area contributed by atoms with E-state index in [0.29, 0.717) is 18.3 Å². The molecule has 1 aromatic rings. The normalized spacial score (nSPS) is 18.2. The number of amides is 1. The third kappa shape index (κ3) is 4.79. The smallest absolute Gasteiger partial charge is 0.238 e. The maximum atomic E-state index is 13.2. The summed E-state index contributed by atoms with van der Waals surface area (Å²) in [4.78, 5) is 14.2. The van der Waals surface area contributed by atoms with E-state index in [1.165, 1.54) is 25.0 Å². The molecule has 1 unspecified atom stereocenters. The van der Waals surface area contributed by atoms with Crippen LogP contribution >= 0.6 is 0 Å². The maximum absolute atomic E-state index is 13.2. The first-order valence-electron chi connectivity index (χ1n) is 7.60. The average molecular weight is 293 g/mol. The van der Waals surface area contributed by atoms with Gasteiger partial charge in [-0.05, 0) is 50.6 Å². The summed E-state index contributed by atoms with van der Waals surface area (Å²) in [6, 6.07) is 4.91. The Morgan fingerprint density at radius 3 is 3.00 bits per heavy atom. The number of nitrogens with zero attached hydrogens (tertiary/aromatic N) is 1. The molecule has 2 N–H and O–H groups in total. The number of hydrogen-bond donors (Lipinski definition) is 2. The van der Waals surface area contributed by atoms with Crippen LogP contribution in [0.3, 0.4) is 0 Å². The molecule has 0 aliphatic carbocycles. The van der Waals surface area contributed by atoms with Crippen molar-refractivity contribution in [2.24, 2.45) is 0 Å². The van der Waals surface area contributed by atoms with Gasteiger partial charge in [-0.15, -0.1) is 0 Å². The molecule has 1 saturated heterocycles. The molecule has 5 heteroatoms. The number of anilines is 1. The zero-order valence-corrected chi connectivity index (χ0v) is 12.8.